The van der Waals surface area contributed by atoms with E-state index in [0.29, 0.717) is 30.0 Å². The first kappa shape index (κ1) is 18.1. The third-order valence-corrected chi connectivity index (χ3v) is 4.18. The van der Waals surface area contributed by atoms with Crippen LogP contribution in [0, 0.1) is 17.5 Å². The molecule has 0 spiro atoms. The van der Waals surface area contributed by atoms with E-state index in [1.165, 1.54) is 30.3 Å². The van der Waals surface area contributed by atoms with Gasteiger partial charge in [0, 0.05) is 25.1 Å². The van der Waals surface area contributed by atoms with Crippen LogP contribution in [0.25, 0.3) is 33.6 Å². The minimum atomic E-state index is -0.762. The molecule has 4 aromatic rings. The van der Waals surface area contributed by atoms with E-state index in [4.69, 9.17) is 9.15 Å². The van der Waals surface area contributed by atoms with Crippen molar-refractivity contribution in [3.63, 3.8) is 0 Å². The highest BCUT2D eigenvalue weighted by Crippen LogP contribution is 2.39. The van der Waals surface area contributed by atoms with Crippen LogP contribution in [-0.2, 0) is 4.74 Å². The molecule has 0 amide bonds. The summed E-state index contributed by atoms with van der Waals surface area (Å²) >= 11 is 0. The summed E-state index contributed by atoms with van der Waals surface area (Å²) in [6.07, 6.45) is 0. The van der Waals surface area contributed by atoms with Gasteiger partial charge in [-0.2, -0.15) is 0 Å². The number of H-pyrrole nitrogens is 1. The van der Waals surface area contributed by atoms with E-state index >= 15 is 0 Å². The molecule has 0 fully saturated rings. The van der Waals surface area contributed by atoms with Gasteiger partial charge in [0.1, 0.15) is 17.5 Å². The van der Waals surface area contributed by atoms with Crippen LogP contribution in [0.2, 0.25) is 0 Å². The predicted molar refractivity (Wildman–Crippen MR) is 97.3 cm³/mol. The second-order valence-corrected chi connectivity index (χ2v) is 6.02. The van der Waals surface area contributed by atoms with Crippen LogP contribution in [-0.4, -0.2) is 35.4 Å². The normalized spacial score (nSPS) is 11.3. The first-order valence-electron chi connectivity index (χ1n) is 8.40. The molecule has 0 radical (unpaired) electrons. The zero-order valence-electron chi connectivity index (χ0n) is 14.7. The van der Waals surface area contributed by atoms with Crippen LogP contribution >= 0.6 is 0 Å². The Morgan fingerprint density at radius 1 is 1.07 bits per heavy atom. The number of halogens is 3. The second kappa shape index (κ2) is 7.35. The number of benzene rings is 2. The number of nitrogens with zero attached hydrogens (tertiary/aromatic N) is 2. The number of ether oxygens (including phenoxy) is 1. The number of nitrogens with one attached hydrogen (secondary N) is 2. The average Bonchev–Trinajstić information content (AvgIpc) is 3.27. The molecule has 0 atom stereocenters. The SMILES string of the molecule is COCCNc1nnc(-c2c(-c3ccc(F)cc3)[nH]c3c(F)cc(F)cc23)o1. The van der Waals surface area contributed by atoms with Crippen molar-refractivity contribution in [1.29, 1.82) is 0 Å². The fourth-order valence-corrected chi connectivity index (χ4v) is 2.93. The van der Waals surface area contributed by atoms with Crippen molar-refractivity contribution < 1.29 is 22.3 Å². The first-order chi connectivity index (χ1) is 13.6. The number of aromatic amines is 1. The Labute approximate surface area is 157 Å². The number of anilines is 1. The van der Waals surface area contributed by atoms with Gasteiger partial charge in [-0.15, -0.1) is 5.10 Å². The van der Waals surface area contributed by atoms with Crippen LogP contribution in [0.4, 0.5) is 19.2 Å². The number of rotatable bonds is 6. The lowest BCUT2D eigenvalue weighted by Crippen LogP contribution is -2.07. The topological polar surface area (TPSA) is 76.0 Å². The van der Waals surface area contributed by atoms with Gasteiger partial charge < -0.3 is 19.5 Å². The zero-order valence-corrected chi connectivity index (χ0v) is 14.7. The Balaban J connectivity index is 1.87. The van der Waals surface area contributed by atoms with Gasteiger partial charge >= 0.3 is 6.01 Å². The van der Waals surface area contributed by atoms with Crippen molar-refractivity contribution in [3.8, 4) is 22.7 Å². The molecule has 0 saturated heterocycles. The van der Waals surface area contributed by atoms with E-state index in [2.05, 4.69) is 20.5 Å². The minimum Gasteiger partial charge on any atom is -0.403 e. The molecule has 4 rings (SSSR count). The molecule has 9 heteroatoms. The lowest BCUT2D eigenvalue weighted by molar-refractivity contribution is 0.210. The molecule has 0 saturated carbocycles. The standard InChI is InChI=1S/C19H15F3N4O2/c1-27-7-6-23-19-26-25-18(28-19)15-13-8-12(21)9-14(22)17(13)24-16(15)10-2-4-11(20)5-3-10/h2-5,8-9,24H,6-7H2,1H3,(H,23,26). The number of methoxy groups -OCH3 is 1. The highest BCUT2D eigenvalue weighted by molar-refractivity contribution is 6.02. The van der Waals surface area contributed by atoms with Gasteiger partial charge in [0.15, 0.2) is 0 Å². The van der Waals surface area contributed by atoms with E-state index in [0.717, 1.165) is 6.07 Å². The van der Waals surface area contributed by atoms with Crippen molar-refractivity contribution >= 4 is 16.9 Å². The Hall–Kier alpha value is -3.33. The lowest BCUT2D eigenvalue weighted by atomic mass is 10.0. The highest BCUT2D eigenvalue weighted by Gasteiger charge is 2.22. The molecule has 28 heavy (non-hydrogen) atoms. The number of fused-ring (bicyclic) bond motifs is 1. The van der Waals surface area contributed by atoms with Crippen LogP contribution in [0.5, 0.6) is 0 Å². The van der Waals surface area contributed by atoms with E-state index in [-0.39, 0.29) is 22.8 Å². The van der Waals surface area contributed by atoms with Crippen molar-refractivity contribution in [1.82, 2.24) is 15.2 Å². The maximum absolute atomic E-state index is 14.3. The molecule has 6 nitrogen and oxygen atoms in total. The quantitative estimate of drug-likeness (QED) is 0.480. The smallest absolute Gasteiger partial charge is 0.315 e. The van der Waals surface area contributed by atoms with Crippen LogP contribution < -0.4 is 5.32 Å². The third kappa shape index (κ3) is 3.31. The fourth-order valence-electron chi connectivity index (χ4n) is 2.93. The molecular weight excluding hydrogens is 373 g/mol. The summed E-state index contributed by atoms with van der Waals surface area (Å²) in [4.78, 5) is 2.92. The molecular formula is C19H15F3N4O2. The summed E-state index contributed by atoms with van der Waals surface area (Å²) < 4.78 is 52.1. The molecule has 0 aliphatic rings. The molecule has 0 aliphatic heterocycles. The van der Waals surface area contributed by atoms with Gasteiger partial charge in [-0.1, -0.05) is 5.10 Å². The molecule has 2 N–H and O–H groups in total. The Kier molecular flexibility index (Phi) is 4.74. The number of hydrogen-bond acceptors (Lipinski definition) is 5. The number of aromatic nitrogens is 3. The van der Waals surface area contributed by atoms with Crippen molar-refractivity contribution in [2.45, 2.75) is 0 Å². The van der Waals surface area contributed by atoms with Crippen molar-refractivity contribution in [2.24, 2.45) is 0 Å². The third-order valence-electron chi connectivity index (χ3n) is 4.18. The van der Waals surface area contributed by atoms with Crippen LogP contribution in [0.1, 0.15) is 0 Å². The van der Waals surface area contributed by atoms with Gasteiger partial charge in [0.25, 0.3) is 5.89 Å². The maximum atomic E-state index is 14.3. The Morgan fingerprint density at radius 2 is 1.86 bits per heavy atom. The second-order valence-electron chi connectivity index (χ2n) is 6.02. The van der Waals surface area contributed by atoms with E-state index in [1.54, 1.807) is 7.11 Å². The summed E-state index contributed by atoms with van der Waals surface area (Å²) in [5.74, 6) is -1.85. The predicted octanol–water partition coefficient (Wildman–Crippen LogP) is 4.36. The van der Waals surface area contributed by atoms with Crippen LogP contribution in [0.15, 0.2) is 40.8 Å². The molecule has 2 aromatic carbocycles. The summed E-state index contributed by atoms with van der Waals surface area (Å²) in [5, 5.41) is 11.0. The Morgan fingerprint density at radius 3 is 2.61 bits per heavy atom. The molecule has 0 aliphatic carbocycles. The summed E-state index contributed by atoms with van der Waals surface area (Å²) in [6.45, 7) is 0.877. The molecule has 2 aromatic heterocycles. The average molecular weight is 388 g/mol. The molecule has 0 bridgehead atoms. The summed E-state index contributed by atoms with van der Waals surface area (Å²) in [6, 6.07) is 7.68. The monoisotopic (exact) mass is 388 g/mol. The largest absolute Gasteiger partial charge is 0.403 e. The van der Waals surface area contributed by atoms with Gasteiger partial charge in [-0.05, 0) is 35.9 Å². The summed E-state index contributed by atoms with van der Waals surface area (Å²) in [7, 11) is 1.56. The summed E-state index contributed by atoms with van der Waals surface area (Å²) in [5.41, 5.74) is 1.38. The van der Waals surface area contributed by atoms with Gasteiger partial charge in [0.2, 0.25) is 0 Å². The lowest BCUT2D eigenvalue weighted by Gasteiger charge is -2.02. The van der Waals surface area contributed by atoms with Crippen molar-refractivity contribution in [2.75, 3.05) is 25.6 Å². The van der Waals surface area contributed by atoms with Crippen LogP contribution in [0.3, 0.4) is 0 Å². The highest BCUT2D eigenvalue weighted by atomic mass is 19.1. The first-order valence-corrected chi connectivity index (χ1v) is 8.40. The van der Waals surface area contributed by atoms with E-state index in [1.807, 2.05) is 0 Å². The van der Waals surface area contributed by atoms with Gasteiger partial charge in [0.05, 0.1) is 23.4 Å². The van der Waals surface area contributed by atoms with Crippen molar-refractivity contribution in [3.05, 3.63) is 53.8 Å². The minimum absolute atomic E-state index is 0.0653. The molecule has 0 unspecified atom stereocenters. The van der Waals surface area contributed by atoms with E-state index in [9.17, 15) is 13.2 Å². The van der Waals surface area contributed by atoms with Gasteiger partial charge in [-0.25, -0.2) is 13.2 Å². The fraction of sp³-hybridized carbons (Fsp3) is 0.158. The Bertz CT molecular complexity index is 1120. The number of hydrogen-bond donors (Lipinski definition) is 2. The molecule has 144 valence electrons. The van der Waals surface area contributed by atoms with E-state index < -0.39 is 17.5 Å². The molecule has 2 heterocycles. The van der Waals surface area contributed by atoms with Gasteiger partial charge in [-0.3, -0.25) is 0 Å². The maximum Gasteiger partial charge on any atom is 0.315 e. The zero-order chi connectivity index (χ0) is 19.7.